The standard InChI is InChI=1S/C5H8ClNO2/c1-4(2)7-9-5(8)3-6/h3H2,1-2H3. The number of rotatable bonds is 2. The molecule has 0 atom stereocenters. The topological polar surface area (TPSA) is 38.7 Å². The number of nitrogens with zero attached hydrogens (tertiary/aromatic N) is 1. The van der Waals surface area contributed by atoms with Gasteiger partial charge in [-0.1, -0.05) is 5.16 Å². The van der Waals surface area contributed by atoms with Gasteiger partial charge in [-0.05, 0) is 13.8 Å². The van der Waals surface area contributed by atoms with Gasteiger partial charge in [0.25, 0.3) is 0 Å². The molecule has 4 heteroatoms. The third kappa shape index (κ3) is 5.30. The van der Waals surface area contributed by atoms with Gasteiger partial charge in [-0.15, -0.1) is 11.6 Å². The lowest BCUT2D eigenvalue weighted by Crippen LogP contribution is -2.01. The van der Waals surface area contributed by atoms with Crippen molar-refractivity contribution in [3.05, 3.63) is 0 Å². The highest BCUT2D eigenvalue weighted by atomic mass is 35.5. The maximum Gasteiger partial charge on any atom is 0.349 e. The fraction of sp³-hybridized carbons (Fsp3) is 0.600. The lowest BCUT2D eigenvalue weighted by atomic mass is 10.5. The Balaban J connectivity index is 3.50. The fourth-order valence-corrected chi connectivity index (χ4v) is 0.215. The second-order valence-electron chi connectivity index (χ2n) is 1.64. The van der Waals surface area contributed by atoms with Gasteiger partial charge in [0.05, 0.1) is 5.71 Å². The Morgan fingerprint density at radius 2 is 2.22 bits per heavy atom. The largest absolute Gasteiger partial charge is 0.349 e. The summed E-state index contributed by atoms with van der Waals surface area (Å²) in [5.74, 6) is -0.686. The Hall–Kier alpha value is -0.570. The average molecular weight is 150 g/mol. The van der Waals surface area contributed by atoms with E-state index in [1.54, 1.807) is 13.8 Å². The highest BCUT2D eigenvalue weighted by molar-refractivity contribution is 6.26. The number of halogens is 1. The molecule has 0 amide bonds. The third-order valence-corrected chi connectivity index (χ3v) is 0.657. The molecule has 0 fully saturated rings. The molecular weight excluding hydrogens is 142 g/mol. The molecule has 0 spiro atoms. The summed E-state index contributed by atoms with van der Waals surface area (Å²) in [6, 6.07) is 0. The first-order chi connectivity index (χ1) is 4.16. The van der Waals surface area contributed by atoms with Crippen LogP contribution in [-0.4, -0.2) is 17.6 Å². The molecule has 0 aliphatic rings. The van der Waals surface area contributed by atoms with Gasteiger partial charge in [0.15, 0.2) is 0 Å². The first-order valence-electron chi connectivity index (χ1n) is 2.44. The van der Waals surface area contributed by atoms with Crippen LogP contribution in [0.25, 0.3) is 0 Å². The van der Waals surface area contributed by atoms with E-state index in [0.29, 0.717) is 5.71 Å². The van der Waals surface area contributed by atoms with E-state index in [2.05, 4.69) is 9.99 Å². The molecule has 3 nitrogen and oxygen atoms in total. The summed E-state index contributed by atoms with van der Waals surface area (Å²) in [7, 11) is 0. The first kappa shape index (κ1) is 8.43. The molecule has 0 aromatic heterocycles. The van der Waals surface area contributed by atoms with Crippen molar-refractivity contribution >= 4 is 23.3 Å². The number of hydrogen-bond acceptors (Lipinski definition) is 3. The number of hydrogen-bond donors (Lipinski definition) is 0. The quantitative estimate of drug-likeness (QED) is 0.256. The van der Waals surface area contributed by atoms with Crippen molar-refractivity contribution in [1.82, 2.24) is 0 Å². The maximum atomic E-state index is 10.3. The zero-order chi connectivity index (χ0) is 7.28. The molecule has 52 valence electrons. The molecule has 0 saturated carbocycles. The molecule has 0 heterocycles. The van der Waals surface area contributed by atoms with Crippen LogP contribution in [-0.2, 0) is 9.63 Å². The van der Waals surface area contributed by atoms with Crippen molar-refractivity contribution in [2.24, 2.45) is 5.16 Å². The van der Waals surface area contributed by atoms with E-state index in [4.69, 9.17) is 11.6 Å². The zero-order valence-electron chi connectivity index (χ0n) is 5.35. The van der Waals surface area contributed by atoms with Gasteiger partial charge >= 0.3 is 5.97 Å². The van der Waals surface area contributed by atoms with Crippen molar-refractivity contribution in [1.29, 1.82) is 0 Å². The van der Waals surface area contributed by atoms with Crippen LogP contribution >= 0.6 is 11.6 Å². The predicted molar refractivity (Wildman–Crippen MR) is 35.6 cm³/mol. The normalized spacial score (nSPS) is 8.33. The number of carbonyl (C=O) groups excluding carboxylic acids is 1. The van der Waals surface area contributed by atoms with Crippen LogP contribution in [0.4, 0.5) is 0 Å². The Morgan fingerprint density at radius 1 is 1.67 bits per heavy atom. The van der Waals surface area contributed by atoms with Crippen molar-refractivity contribution in [2.75, 3.05) is 5.88 Å². The number of alkyl halides is 1. The molecule has 0 aliphatic carbocycles. The van der Waals surface area contributed by atoms with Crippen LogP contribution in [0.5, 0.6) is 0 Å². The lowest BCUT2D eigenvalue weighted by Gasteiger charge is -1.90. The van der Waals surface area contributed by atoms with E-state index in [-0.39, 0.29) is 5.88 Å². The number of carbonyl (C=O) groups is 1. The molecular formula is C5H8ClNO2. The minimum absolute atomic E-state index is 0.156. The van der Waals surface area contributed by atoms with Gasteiger partial charge in [0.2, 0.25) is 0 Å². The van der Waals surface area contributed by atoms with Gasteiger partial charge < -0.3 is 4.84 Å². The van der Waals surface area contributed by atoms with Crippen molar-refractivity contribution in [2.45, 2.75) is 13.8 Å². The Bertz CT molecular complexity index is 129. The van der Waals surface area contributed by atoms with Crippen LogP contribution in [0, 0.1) is 0 Å². The van der Waals surface area contributed by atoms with Crippen LogP contribution in [0.3, 0.4) is 0 Å². The van der Waals surface area contributed by atoms with E-state index in [1.165, 1.54) is 0 Å². The van der Waals surface area contributed by atoms with Crippen LogP contribution in [0.15, 0.2) is 5.16 Å². The van der Waals surface area contributed by atoms with E-state index < -0.39 is 5.97 Å². The van der Waals surface area contributed by atoms with E-state index in [9.17, 15) is 4.79 Å². The van der Waals surface area contributed by atoms with Gasteiger partial charge in [-0.25, -0.2) is 4.79 Å². The fourth-order valence-electron chi connectivity index (χ4n) is 0.167. The Morgan fingerprint density at radius 3 is 2.56 bits per heavy atom. The molecule has 0 bridgehead atoms. The van der Waals surface area contributed by atoms with E-state index >= 15 is 0 Å². The summed E-state index contributed by atoms with van der Waals surface area (Å²) < 4.78 is 0. The lowest BCUT2D eigenvalue weighted by molar-refractivity contribution is -0.140. The molecule has 0 saturated heterocycles. The van der Waals surface area contributed by atoms with Crippen LogP contribution in [0.2, 0.25) is 0 Å². The van der Waals surface area contributed by atoms with E-state index in [1.807, 2.05) is 0 Å². The molecule has 0 aromatic carbocycles. The molecule has 0 unspecified atom stereocenters. The molecule has 0 radical (unpaired) electrons. The van der Waals surface area contributed by atoms with Gasteiger partial charge in [0, 0.05) is 0 Å². The number of oxime groups is 1. The minimum atomic E-state index is -0.530. The molecule has 9 heavy (non-hydrogen) atoms. The molecule has 0 aromatic rings. The van der Waals surface area contributed by atoms with Gasteiger partial charge in [0.1, 0.15) is 5.88 Å². The van der Waals surface area contributed by atoms with Crippen LogP contribution < -0.4 is 0 Å². The summed E-state index contributed by atoms with van der Waals surface area (Å²) in [4.78, 5) is 14.5. The first-order valence-corrected chi connectivity index (χ1v) is 2.97. The van der Waals surface area contributed by atoms with Crippen molar-refractivity contribution < 1.29 is 9.63 Å². The highest BCUT2D eigenvalue weighted by Crippen LogP contribution is 1.84. The molecule has 0 rings (SSSR count). The zero-order valence-corrected chi connectivity index (χ0v) is 6.10. The molecule has 0 N–H and O–H groups in total. The summed E-state index contributed by atoms with van der Waals surface area (Å²) in [6.07, 6.45) is 0. The summed E-state index contributed by atoms with van der Waals surface area (Å²) in [5.41, 5.74) is 0.688. The van der Waals surface area contributed by atoms with Crippen molar-refractivity contribution in [3.8, 4) is 0 Å². The highest BCUT2D eigenvalue weighted by Gasteiger charge is 1.95. The minimum Gasteiger partial charge on any atom is -0.317 e. The monoisotopic (exact) mass is 149 g/mol. The third-order valence-electron chi connectivity index (χ3n) is 0.439. The van der Waals surface area contributed by atoms with Gasteiger partial charge in [-0.3, -0.25) is 0 Å². The average Bonchev–Trinajstić information content (AvgIpc) is 1.83. The molecule has 0 aliphatic heterocycles. The van der Waals surface area contributed by atoms with Gasteiger partial charge in [-0.2, -0.15) is 0 Å². The van der Waals surface area contributed by atoms with Crippen molar-refractivity contribution in [3.63, 3.8) is 0 Å². The van der Waals surface area contributed by atoms with E-state index in [0.717, 1.165) is 0 Å². The second kappa shape index (κ2) is 4.32. The summed E-state index contributed by atoms with van der Waals surface area (Å²) >= 11 is 5.09. The Labute approximate surface area is 58.6 Å². The smallest absolute Gasteiger partial charge is 0.317 e. The maximum absolute atomic E-state index is 10.3. The van der Waals surface area contributed by atoms with Crippen LogP contribution in [0.1, 0.15) is 13.8 Å². The summed E-state index contributed by atoms with van der Waals surface area (Å²) in [5, 5.41) is 3.38. The predicted octanol–water partition coefficient (Wildman–Crippen LogP) is 1.16. The SMILES string of the molecule is CC(C)=NOC(=O)CCl. The second-order valence-corrected chi connectivity index (χ2v) is 1.90. The summed E-state index contributed by atoms with van der Waals surface area (Å²) in [6.45, 7) is 3.45. The Kier molecular flexibility index (Phi) is 4.05.